The van der Waals surface area contributed by atoms with Gasteiger partial charge in [-0.05, 0) is 80.4 Å². The topological polar surface area (TPSA) is 0 Å². The highest BCUT2D eigenvalue weighted by atomic mass is 31.1. The van der Waals surface area contributed by atoms with Gasteiger partial charge in [-0.25, -0.2) is 0 Å². The van der Waals surface area contributed by atoms with Crippen LogP contribution in [0.1, 0.15) is 92.0 Å². The van der Waals surface area contributed by atoms with Crippen LogP contribution in [0.5, 0.6) is 0 Å². The maximum absolute atomic E-state index is 2.54. The van der Waals surface area contributed by atoms with Crippen LogP contribution in [0, 0.1) is 17.8 Å². The normalized spacial score (nSPS) is 29.0. The Kier molecular flexibility index (Phi) is 6.86. The van der Waals surface area contributed by atoms with Crippen molar-refractivity contribution in [2.45, 2.75) is 76.5 Å². The molecule has 0 aromatic heterocycles. The molecule has 4 aliphatic rings. The monoisotopic (exact) mass is 568 g/mol. The van der Waals surface area contributed by atoms with Gasteiger partial charge in [0, 0.05) is 22.4 Å². The van der Waals surface area contributed by atoms with Gasteiger partial charge in [0.05, 0.1) is 0 Å². The highest BCUT2D eigenvalue weighted by Gasteiger charge is 2.45. The van der Waals surface area contributed by atoms with Gasteiger partial charge in [-0.3, -0.25) is 0 Å². The van der Waals surface area contributed by atoms with E-state index in [1.807, 2.05) is 0 Å². The molecule has 0 nitrogen and oxygen atoms in total. The average Bonchev–Trinajstić information content (AvgIpc) is 3.17. The van der Waals surface area contributed by atoms with Crippen LogP contribution in [-0.2, 0) is 23.4 Å². The summed E-state index contributed by atoms with van der Waals surface area (Å²) < 4.78 is 0. The molecule has 0 amide bonds. The minimum Gasteiger partial charge on any atom is -0.109 e. The summed E-state index contributed by atoms with van der Waals surface area (Å²) in [6.07, 6.45) is 19.1. The quantitative estimate of drug-likeness (QED) is 0.237. The zero-order chi connectivity index (χ0) is 29.2. The van der Waals surface area contributed by atoms with Gasteiger partial charge in [0.1, 0.15) is 0 Å². The summed E-state index contributed by atoms with van der Waals surface area (Å²) in [6.45, 7) is 14.8. The van der Waals surface area contributed by atoms with E-state index < -0.39 is 0 Å². The maximum atomic E-state index is 2.54. The molecule has 0 radical (unpaired) electrons. The summed E-state index contributed by atoms with van der Waals surface area (Å²) in [6, 6.07) is 23.7. The number of hydrogen-bond acceptors (Lipinski definition) is 0. The van der Waals surface area contributed by atoms with Gasteiger partial charge < -0.3 is 0 Å². The molecule has 1 heterocycles. The molecule has 42 heavy (non-hydrogen) atoms. The molecule has 6 atom stereocenters. The summed E-state index contributed by atoms with van der Waals surface area (Å²) in [7, 11) is 0.848. The number of fused-ring (bicyclic) bond motifs is 9. The number of benzene rings is 3. The molecule has 3 aromatic rings. The first-order valence-electron chi connectivity index (χ1n) is 16.0. The minimum absolute atomic E-state index is 0.0446. The van der Waals surface area contributed by atoms with Crippen LogP contribution in [0.4, 0.5) is 0 Å². The van der Waals surface area contributed by atoms with Gasteiger partial charge in [-0.2, -0.15) is 0 Å². The Morgan fingerprint density at radius 1 is 0.667 bits per heavy atom. The van der Waals surface area contributed by atoms with Crippen LogP contribution >= 0.6 is 8.58 Å². The van der Waals surface area contributed by atoms with Crippen LogP contribution in [0.25, 0.3) is 5.57 Å². The predicted molar refractivity (Wildman–Crippen MR) is 183 cm³/mol. The molecule has 1 aliphatic heterocycles. The fourth-order valence-electron chi connectivity index (χ4n) is 8.71. The molecule has 7 rings (SSSR count). The summed E-state index contributed by atoms with van der Waals surface area (Å²) >= 11 is 0. The lowest BCUT2D eigenvalue weighted by Crippen LogP contribution is -2.38. The van der Waals surface area contributed by atoms with E-state index in [9.17, 15) is 0 Å². The number of hydrogen-bond donors (Lipinski definition) is 0. The van der Waals surface area contributed by atoms with Crippen molar-refractivity contribution < 1.29 is 0 Å². The van der Waals surface area contributed by atoms with E-state index in [0.717, 1.165) is 21.2 Å². The van der Waals surface area contributed by atoms with Gasteiger partial charge >= 0.3 is 0 Å². The van der Waals surface area contributed by atoms with Crippen molar-refractivity contribution in [2.75, 3.05) is 0 Å². The van der Waals surface area contributed by atoms with E-state index >= 15 is 0 Å². The molecule has 0 saturated heterocycles. The molecular formula is C41H45P. The van der Waals surface area contributed by atoms with E-state index in [-0.39, 0.29) is 10.8 Å². The molecular weight excluding hydrogens is 523 g/mol. The largest absolute Gasteiger partial charge is 0.109 e. The molecule has 0 saturated carbocycles. The van der Waals surface area contributed by atoms with Crippen LogP contribution in [0.3, 0.4) is 0 Å². The Bertz CT molecular complexity index is 1660. The summed E-state index contributed by atoms with van der Waals surface area (Å²) in [5.41, 5.74) is 14.3. The van der Waals surface area contributed by atoms with Crippen molar-refractivity contribution in [3.05, 3.63) is 148 Å². The number of allylic oxidation sites excluding steroid dienone is 8. The zero-order valence-corrected chi connectivity index (χ0v) is 27.1. The second kappa shape index (κ2) is 10.3. The van der Waals surface area contributed by atoms with E-state index in [4.69, 9.17) is 0 Å². The van der Waals surface area contributed by atoms with Gasteiger partial charge in [-0.15, -0.1) is 8.58 Å². The van der Waals surface area contributed by atoms with Gasteiger partial charge in [0.2, 0.25) is 0 Å². The Labute approximate surface area is 255 Å². The third kappa shape index (κ3) is 4.28. The lowest BCUT2D eigenvalue weighted by Gasteiger charge is -2.46. The third-order valence-corrected chi connectivity index (χ3v) is 12.9. The van der Waals surface area contributed by atoms with Crippen LogP contribution in [0.2, 0.25) is 0 Å². The van der Waals surface area contributed by atoms with Crippen molar-refractivity contribution in [2.24, 2.45) is 17.8 Å². The zero-order valence-electron chi connectivity index (χ0n) is 26.1. The average molecular weight is 569 g/mol. The van der Waals surface area contributed by atoms with Crippen molar-refractivity contribution in [3.8, 4) is 0 Å². The molecule has 0 N–H and O–H groups in total. The maximum Gasteiger partial charge on any atom is 0.0158 e. The summed E-state index contributed by atoms with van der Waals surface area (Å²) in [4.78, 5) is 0. The second-order valence-electron chi connectivity index (χ2n) is 14.3. The van der Waals surface area contributed by atoms with Gasteiger partial charge in [-0.1, -0.05) is 145 Å². The van der Waals surface area contributed by atoms with Crippen molar-refractivity contribution in [1.82, 2.24) is 0 Å². The van der Waals surface area contributed by atoms with Crippen molar-refractivity contribution in [1.29, 1.82) is 0 Å². The standard InChI is InChI=1S/C41H45P/c1-26-14-7-9-18-31-30-17-10-8-16-29(30)25-42-39-27(2)15-13-19-32(39)37-28(24-33(26)31)22-23-36-38(37)41(5,6)35-21-12-11-20-34(35)40(36,3)4/h7-23,26-27,31,33,39,42H,24-25H2,1-6H3. The van der Waals surface area contributed by atoms with E-state index in [2.05, 4.69) is 145 Å². The Morgan fingerprint density at radius 2 is 1.36 bits per heavy atom. The van der Waals surface area contributed by atoms with Crippen molar-refractivity contribution in [3.63, 3.8) is 0 Å². The highest BCUT2D eigenvalue weighted by Crippen LogP contribution is 2.55. The summed E-state index contributed by atoms with van der Waals surface area (Å²) in [5, 5.41) is 0. The summed E-state index contributed by atoms with van der Waals surface area (Å²) in [5.74, 6) is 1.93. The van der Waals surface area contributed by atoms with Crippen LogP contribution in [-0.4, -0.2) is 5.66 Å². The highest BCUT2D eigenvalue weighted by molar-refractivity contribution is 7.38. The smallest absolute Gasteiger partial charge is 0.0158 e. The van der Waals surface area contributed by atoms with Gasteiger partial charge in [0.25, 0.3) is 0 Å². The van der Waals surface area contributed by atoms with Crippen LogP contribution < -0.4 is 0 Å². The molecule has 3 aliphatic carbocycles. The van der Waals surface area contributed by atoms with Crippen LogP contribution in [0.15, 0.2) is 103 Å². The van der Waals surface area contributed by atoms with E-state index in [0.29, 0.717) is 29.3 Å². The molecule has 0 fully saturated rings. The fourth-order valence-corrected chi connectivity index (χ4v) is 10.4. The Hall–Kier alpha value is -2.95. The third-order valence-electron chi connectivity index (χ3n) is 11.1. The van der Waals surface area contributed by atoms with Gasteiger partial charge in [0.15, 0.2) is 0 Å². The van der Waals surface area contributed by atoms with Crippen molar-refractivity contribution >= 4 is 14.2 Å². The predicted octanol–water partition coefficient (Wildman–Crippen LogP) is 10.5. The van der Waals surface area contributed by atoms with E-state index in [1.165, 1.54) is 16.7 Å². The molecule has 0 spiro atoms. The first-order valence-corrected chi connectivity index (χ1v) is 17.3. The SMILES string of the molecule is CC1C=CC=C2c3c(ccc4c3C(C)(C)c3ccccc3C4(C)C)CC3C(C)C=CC=CC3c3ccccc3CPC21. The molecule has 6 unspecified atom stereocenters. The lowest BCUT2D eigenvalue weighted by atomic mass is 9.57. The molecule has 214 valence electrons. The first-order chi connectivity index (χ1) is 20.2. The second-order valence-corrected chi connectivity index (χ2v) is 15.6. The molecule has 3 aromatic carbocycles. The van der Waals surface area contributed by atoms with E-state index in [1.54, 1.807) is 33.4 Å². The molecule has 0 bridgehead atoms. The number of rotatable bonds is 0. The Balaban J connectivity index is 1.53. The fraction of sp³-hybridized carbons (Fsp3) is 0.366. The first kappa shape index (κ1) is 27.9. The Morgan fingerprint density at radius 3 is 2.17 bits per heavy atom. The lowest BCUT2D eigenvalue weighted by molar-refractivity contribution is 0.381. The molecule has 1 heteroatoms. The minimum atomic E-state index is -0.0802.